The molecule has 1 aromatic carbocycles. The predicted molar refractivity (Wildman–Crippen MR) is 101 cm³/mol. The van der Waals surface area contributed by atoms with Crippen molar-refractivity contribution < 1.29 is 18.0 Å². The molecule has 0 fully saturated rings. The van der Waals surface area contributed by atoms with Crippen molar-refractivity contribution >= 4 is 28.5 Å². The molecule has 28 heavy (non-hydrogen) atoms. The van der Waals surface area contributed by atoms with Crippen LogP contribution in [0.5, 0.6) is 0 Å². The number of hydrogen-bond acceptors (Lipinski definition) is 5. The number of benzene rings is 1. The zero-order chi connectivity index (χ0) is 19.4. The van der Waals surface area contributed by atoms with Gasteiger partial charge in [0.25, 0.3) is 5.91 Å². The molecule has 4 aromatic rings. The maximum absolute atomic E-state index is 13.3. The molecule has 0 bridgehead atoms. The van der Waals surface area contributed by atoms with Gasteiger partial charge in [-0.1, -0.05) is 11.6 Å². The number of halogens is 1. The van der Waals surface area contributed by atoms with Crippen LogP contribution in [-0.2, 0) is 6.54 Å². The molecule has 0 saturated carbocycles. The van der Waals surface area contributed by atoms with Crippen molar-refractivity contribution in [3.63, 3.8) is 0 Å². The highest BCUT2D eigenvalue weighted by atomic mass is 35.5. The van der Waals surface area contributed by atoms with Gasteiger partial charge in [-0.2, -0.15) is 0 Å². The lowest BCUT2D eigenvalue weighted by Gasteiger charge is -2.22. The van der Waals surface area contributed by atoms with E-state index in [1.807, 2.05) is 0 Å². The van der Waals surface area contributed by atoms with Crippen molar-refractivity contribution in [3.8, 4) is 0 Å². The van der Waals surface area contributed by atoms with Crippen LogP contribution in [0.25, 0.3) is 11.0 Å². The van der Waals surface area contributed by atoms with Gasteiger partial charge in [-0.25, -0.2) is 0 Å². The first kappa shape index (κ1) is 16.9. The fourth-order valence-corrected chi connectivity index (χ4v) is 3.79. The highest BCUT2D eigenvalue weighted by Crippen LogP contribution is 2.39. The highest BCUT2D eigenvalue weighted by molar-refractivity contribution is 6.31. The Morgan fingerprint density at radius 2 is 1.96 bits per heavy atom. The summed E-state index contributed by atoms with van der Waals surface area (Å²) in [5.41, 5.74) is 0.268. The van der Waals surface area contributed by atoms with Crippen LogP contribution in [0, 0.1) is 6.92 Å². The second-order valence-electron chi connectivity index (χ2n) is 6.68. The second kappa shape index (κ2) is 6.14. The van der Waals surface area contributed by atoms with E-state index in [1.54, 1.807) is 49.4 Å². The molecule has 4 heterocycles. The number of hydrogen-bond donors (Lipinski definition) is 0. The Labute approximate surface area is 163 Å². The van der Waals surface area contributed by atoms with Crippen molar-refractivity contribution in [1.82, 2.24) is 4.90 Å². The zero-order valence-corrected chi connectivity index (χ0v) is 15.5. The van der Waals surface area contributed by atoms with Crippen molar-refractivity contribution in [2.24, 2.45) is 0 Å². The standard InChI is InChI=1S/C21H14ClNO5/c1-11-4-6-16(27-11)18-17-19(24)14-9-12(22)5-7-15(14)28-20(17)21(25)23(18)10-13-3-2-8-26-13/h2-9,18H,10H2,1H3/t18-/m1/s1. The van der Waals surface area contributed by atoms with Crippen molar-refractivity contribution in [2.75, 3.05) is 0 Å². The third-order valence-electron chi connectivity index (χ3n) is 4.86. The van der Waals surface area contributed by atoms with Crippen LogP contribution in [-0.4, -0.2) is 10.8 Å². The lowest BCUT2D eigenvalue weighted by Crippen LogP contribution is -2.28. The smallest absolute Gasteiger partial charge is 0.291 e. The molecule has 0 N–H and O–H groups in total. The minimum atomic E-state index is -0.707. The van der Waals surface area contributed by atoms with Gasteiger partial charge >= 0.3 is 0 Å². The summed E-state index contributed by atoms with van der Waals surface area (Å²) in [6.07, 6.45) is 1.54. The summed E-state index contributed by atoms with van der Waals surface area (Å²) in [5, 5.41) is 0.745. The molecule has 7 heteroatoms. The maximum atomic E-state index is 13.3. The number of fused-ring (bicyclic) bond motifs is 2. The molecular weight excluding hydrogens is 382 g/mol. The van der Waals surface area contributed by atoms with E-state index in [9.17, 15) is 9.59 Å². The number of nitrogens with zero attached hydrogens (tertiary/aromatic N) is 1. The number of rotatable bonds is 3. The van der Waals surface area contributed by atoms with E-state index in [2.05, 4.69) is 0 Å². The molecule has 0 spiro atoms. The van der Waals surface area contributed by atoms with E-state index >= 15 is 0 Å². The summed E-state index contributed by atoms with van der Waals surface area (Å²) >= 11 is 6.06. The average molecular weight is 396 g/mol. The Morgan fingerprint density at radius 3 is 2.68 bits per heavy atom. The zero-order valence-electron chi connectivity index (χ0n) is 14.8. The number of carbonyl (C=O) groups is 1. The van der Waals surface area contributed by atoms with Gasteiger partial charge in [-0.3, -0.25) is 9.59 Å². The fraction of sp³-hybridized carbons (Fsp3) is 0.143. The molecule has 1 amide bonds. The van der Waals surface area contributed by atoms with E-state index in [-0.39, 0.29) is 29.2 Å². The van der Waals surface area contributed by atoms with E-state index in [0.717, 1.165) is 0 Å². The van der Waals surface area contributed by atoms with Gasteiger partial charge < -0.3 is 18.2 Å². The molecule has 0 saturated heterocycles. The number of furan rings is 2. The minimum Gasteiger partial charge on any atom is -0.467 e. The van der Waals surface area contributed by atoms with Crippen molar-refractivity contribution in [1.29, 1.82) is 0 Å². The first-order chi connectivity index (χ1) is 13.5. The minimum absolute atomic E-state index is 0.0189. The summed E-state index contributed by atoms with van der Waals surface area (Å²) in [6.45, 7) is 1.98. The quantitative estimate of drug-likeness (QED) is 0.503. The van der Waals surface area contributed by atoms with Crippen LogP contribution < -0.4 is 5.43 Å². The summed E-state index contributed by atoms with van der Waals surface area (Å²) in [7, 11) is 0. The van der Waals surface area contributed by atoms with Gasteiger partial charge in [0.2, 0.25) is 5.76 Å². The van der Waals surface area contributed by atoms with Crippen LogP contribution in [0.1, 0.15) is 39.4 Å². The third-order valence-corrected chi connectivity index (χ3v) is 5.10. The first-order valence-corrected chi connectivity index (χ1v) is 9.06. The van der Waals surface area contributed by atoms with E-state index < -0.39 is 6.04 Å². The summed E-state index contributed by atoms with van der Waals surface area (Å²) in [4.78, 5) is 28.0. The second-order valence-corrected chi connectivity index (χ2v) is 7.11. The number of carbonyl (C=O) groups excluding carboxylic acids is 1. The molecule has 1 aliphatic heterocycles. The molecule has 0 aliphatic carbocycles. The van der Waals surface area contributed by atoms with Crippen LogP contribution in [0.4, 0.5) is 0 Å². The Balaban J connectivity index is 1.76. The van der Waals surface area contributed by atoms with Crippen LogP contribution in [0.2, 0.25) is 5.02 Å². The molecule has 3 aromatic heterocycles. The SMILES string of the molecule is Cc1ccc([C@@H]2c3c(oc4ccc(Cl)cc4c3=O)C(=O)N2Cc2ccco2)o1. The number of aryl methyl sites for hydroxylation is 1. The van der Waals surface area contributed by atoms with Crippen molar-refractivity contribution in [2.45, 2.75) is 19.5 Å². The molecule has 140 valence electrons. The molecule has 0 unspecified atom stereocenters. The Kier molecular flexibility index (Phi) is 3.70. The predicted octanol–water partition coefficient (Wildman–Crippen LogP) is 4.69. The van der Waals surface area contributed by atoms with Crippen LogP contribution >= 0.6 is 11.6 Å². The highest BCUT2D eigenvalue weighted by Gasteiger charge is 2.44. The normalized spacial score (nSPS) is 16.1. The van der Waals surface area contributed by atoms with Gasteiger partial charge in [0.1, 0.15) is 28.9 Å². The van der Waals surface area contributed by atoms with Crippen LogP contribution in [0.15, 0.2) is 66.8 Å². The monoisotopic (exact) mass is 395 g/mol. The Morgan fingerprint density at radius 1 is 1.11 bits per heavy atom. The molecule has 6 nitrogen and oxygen atoms in total. The van der Waals surface area contributed by atoms with Gasteiger partial charge in [-0.05, 0) is 49.4 Å². The lowest BCUT2D eigenvalue weighted by molar-refractivity contribution is 0.0686. The summed E-state index contributed by atoms with van der Waals surface area (Å²) in [5.74, 6) is 1.39. The topological polar surface area (TPSA) is 76.8 Å². The van der Waals surface area contributed by atoms with E-state index in [4.69, 9.17) is 24.9 Å². The third kappa shape index (κ3) is 2.49. The Bertz CT molecular complexity index is 1270. The first-order valence-electron chi connectivity index (χ1n) is 8.69. The lowest BCUT2D eigenvalue weighted by atomic mass is 10.0. The number of amides is 1. The van der Waals surface area contributed by atoms with Gasteiger partial charge in [-0.15, -0.1) is 0 Å². The van der Waals surface area contributed by atoms with Gasteiger partial charge in [0.15, 0.2) is 5.43 Å². The molecule has 5 rings (SSSR count). The van der Waals surface area contributed by atoms with Crippen molar-refractivity contribution in [3.05, 3.63) is 92.6 Å². The summed E-state index contributed by atoms with van der Waals surface area (Å²) < 4.78 is 17.0. The maximum Gasteiger partial charge on any atom is 0.291 e. The van der Waals surface area contributed by atoms with E-state index in [0.29, 0.717) is 33.3 Å². The van der Waals surface area contributed by atoms with E-state index in [1.165, 1.54) is 11.2 Å². The van der Waals surface area contributed by atoms with Crippen LogP contribution in [0.3, 0.4) is 0 Å². The van der Waals surface area contributed by atoms with Gasteiger partial charge in [0.05, 0.1) is 23.8 Å². The molecule has 0 radical (unpaired) electrons. The molecule has 1 aliphatic rings. The fourth-order valence-electron chi connectivity index (χ4n) is 3.62. The summed E-state index contributed by atoms with van der Waals surface area (Å²) in [6, 6.07) is 11.1. The molecule has 1 atom stereocenters. The van der Waals surface area contributed by atoms with Gasteiger partial charge in [0, 0.05) is 5.02 Å². The molecular formula is C21H14ClNO5. The Hall–Kier alpha value is -3.25. The average Bonchev–Trinajstić information content (AvgIpc) is 3.39. The largest absolute Gasteiger partial charge is 0.467 e.